The van der Waals surface area contributed by atoms with E-state index < -0.39 is 51.8 Å². The lowest BCUT2D eigenvalue weighted by Crippen LogP contribution is -2.29. The zero-order valence-electron chi connectivity index (χ0n) is 33.6. The van der Waals surface area contributed by atoms with Crippen LogP contribution in [0, 0.1) is 0 Å². The Balaban J connectivity index is 4.54. The van der Waals surface area contributed by atoms with E-state index in [-0.39, 0.29) is 19.4 Å². The minimum Gasteiger partial charge on any atom is -0.462 e. The summed E-state index contributed by atoms with van der Waals surface area (Å²) in [6.45, 7) is 2.09. The summed E-state index contributed by atoms with van der Waals surface area (Å²) in [6.07, 6.45) is 46.7. The van der Waals surface area contributed by atoms with Crippen molar-refractivity contribution in [3.63, 3.8) is 0 Å². The summed E-state index contributed by atoms with van der Waals surface area (Å²) in [5.74, 6) is -1.05. The normalized spacial score (nSPS) is 14.9. The largest absolute Gasteiger partial charge is 0.472 e. The van der Waals surface area contributed by atoms with Crippen LogP contribution < -0.4 is 0 Å². The molecule has 0 saturated carbocycles. The fraction of sp³-hybridized carbons (Fsp3) is 0.591. The van der Waals surface area contributed by atoms with E-state index in [0.29, 0.717) is 19.3 Å². The summed E-state index contributed by atoms with van der Waals surface area (Å²) in [7, 11) is -4.65. The Morgan fingerprint density at radius 2 is 1.00 bits per heavy atom. The highest BCUT2D eigenvalue weighted by Crippen LogP contribution is 2.43. The molecule has 312 valence electrons. The second-order valence-corrected chi connectivity index (χ2v) is 14.4. The molecule has 0 amide bonds. The number of allylic oxidation sites excluding steroid dienone is 16. The SMILES string of the molecule is CC/C=C/C/C=C/C/C=C/C/C=C/C/C=C/CCCC(=O)O[C@H](COC(=O)CCCC/C=C/C/C=C/C/C=C/CCCCC)COP(=O)(O)OC[C@@H](O)CO. The zero-order chi connectivity index (χ0) is 40.5. The van der Waals surface area contributed by atoms with Gasteiger partial charge < -0.3 is 24.6 Å². The van der Waals surface area contributed by atoms with Crippen molar-refractivity contribution in [2.45, 2.75) is 142 Å². The monoisotopic (exact) mass is 790 g/mol. The Morgan fingerprint density at radius 3 is 1.49 bits per heavy atom. The van der Waals surface area contributed by atoms with Crippen molar-refractivity contribution in [3.8, 4) is 0 Å². The van der Waals surface area contributed by atoms with Crippen LogP contribution in [0.5, 0.6) is 0 Å². The predicted molar refractivity (Wildman–Crippen MR) is 223 cm³/mol. The number of ether oxygens (including phenoxy) is 2. The van der Waals surface area contributed by atoms with Gasteiger partial charge >= 0.3 is 19.8 Å². The maximum atomic E-state index is 12.6. The van der Waals surface area contributed by atoms with Gasteiger partial charge in [-0.3, -0.25) is 18.6 Å². The van der Waals surface area contributed by atoms with Crippen LogP contribution in [0.1, 0.15) is 129 Å². The molecule has 10 nitrogen and oxygen atoms in total. The molecule has 3 atom stereocenters. The summed E-state index contributed by atoms with van der Waals surface area (Å²) < 4.78 is 32.5. The molecule has 0 heterocycles. The van der Waals surface area contributed by atoms with Gasteiger partial charge in [0.05, 0.1) is 19.8 Å². The first-order valence-electron chi connectivity index (χ1n) is 20.2. The lowest BCUT2D eigenvalue weighted by Gasteiger charge is -2.20. The molecule has 0 rings (SSSR count). The molecule has 0 fully saturated rings. The second kappa shape index (κ2) is 39.1. The van der Waals surface area contributed by atoms with Crippen molar-refractivity contribution in [1.29, 1.82) is 0 Å². The Labute approximate surface area is 332 Å². The average Bonchev–Trinajstić information content (AvgIpc) is 3.17. The van der Waals surface area contributed by atoms with Crippen LogP contribution in [0.25, 0.3) is 0 Å². The molecule has 0 aliphatic rings. The van der Waals surface area contributed by atoms with E-state index in [1.165, 1.54) is 19.3 Å². The van der Waals surface area contributed by atoms with E-state index >= 15 is 0 Å². The van der Waals surface area contributed by atoms with Crippen LogP contribution in [-0.4, -0.2) is 65.7 Å². The molecule has 1 unspecified atom stereocenters. The van der Waals surface area contributed by atoms with Crippen molar-refractivity contribution in [2.24, 2.45) is 0 Å². The van der Waals surface area contributed by atoms with Crippen LogP contribution in [0.2, 0.25) is 0 Å². The van der Waals surface area contributed by atoms with E-state index in [2.05, 4.69) is 103 Å². The third kappa shape index (κ3) is 38.9. The van der Waals surface area contributed by atoms with Crippen molar-refractivity contribution in [2.75, 3.05) is 26.4 Å². The van der Waals surface area contributed by atoms with Gasteiger partial charge in [0.15, 0.2) is 6.10 Å². The second-order valence-electron chi connectivity index (χ2n) is 12.9. The first-order valence-corrected chi connectivity index (χ1v) is 21.7. The quantitative estimate of drug-likeness (QED) is 0.0242. The van der Waals surface area contributed by atoms with E-state index in [9.17, 15) is 24.2 Å². The van der Waals surface area contributed by atoms with Gasteiger partial charge in [-0.1, -0.05) is 124 Å². The molecule has 0 radical (unpaired) electrons. The maximum Gasteiger partial charge on any atom is 0.472 e. The maximum absolute atomic E-state index is 12.6. The molecule has 55 heavy (non-hydrogen) atoms. The number of unbranched alkanes of at least 4 members (excludes halogenated alkanes) is 6. The molecule has 3 N–H and O–H groups in total. The number of carbonyl (C=O) groups excluding carboxylic acids is 2. The Kier molecular flexibility index (Phi) is 36.9. The van der Waals surface area contributed by atoms with Crippen LogP contribution in [0.15, 0.2) is 97.2 Å². The first kappa shape index (κ1) is 51.9. The van der Waals surface area contributed by atoms with Gasteiger partial charge in [0, 0.05) is 12.8 Å². The number of esters is 2. The summed E-state index contributed by atoms with van der Waals surface area (Å²) in [5, 5.41) is 18.3. The summed E-state index contributed by atoms with van der Waals surface area (Å²) in [5.41, 5.74) is 0. The molecule has 0 spiro atoms. The Morgan fingerprint density at radius 1 is 0.564 bits per heavy atom. The predicted octanol–water partition coefficient (Wildman–Crippen LogP) is 10.4. The van der Waals surface area contributed by atoms with Crippen LogP contribution in [0.3, 0.4) is 0 Å². The number of aliphatic hydroxyl groups is 2. The molecule has 0 aliphatic carbocycles. The van der Waals surface area contributed by atoms with Gasteiger partial charge in [-0.2, -0.15) is 0 Å². The van der Waals surface area contributed by atoms with Crippen molar-refractivity contribution >= 4 is 19.8 Å². The smallest absolute Gasteiger partial charge is 0.462 e. The van der Waals surface area contributed by atoms with Gasteiger partial charge in [0.1, 0.15) is 12.7 Å². The van der Waals surface area contributed by atoms with Gasteiger partial charge in [-0.25, -0.2) is 4.57 Å². The van der Waals surface area contributed by atoms with E-state index in [4.69, 9.17) is 19.1 Å². The highest BCUT2D eigenvalue weighted by Gasteiger charge is 2.27. The lowest BCUT2D eigenvalue weighted by atomic mass is 10.1. The number of phosphoric acid groups is 1. The fourth-order valence-corrected chi connectivity index (χ4v) is 5.41. The molecule has 0 bridgehead atoms. The molecule has 0 aliphatic heterocycles. The Bertz CT molecular complexity index is 1230. The standard InChI is InChI=1S/C44H71O10P/c1-3-5-7-9-11-13-15-17-19-20-22-24-26-28-30-32-34-36-44(48)54-42(40-53-55(49,50)52-38-41(46)37-45)39-51-43(47)35-33-31-29-27-25-23-21-18-16-14-12-10-8-6-4-2/h5,7,11-14,17-19,21-22,24-25,27-28,30,41-42,45-46H,3-4,6,8-10,15-16,20,23,26,29,31-40H2,1-2H3,(H,49,50)/b7-5+,13-11+,14-12+,19-17+,21-18+,24-22+,27-25+,30-28+/t41-,42+/m0/s1. The lowest BCUT2D eigenvalue weighted by molar-refractivity contribution is -0.161. The molecular weight excluding hydrogens is 719 g/mol. The van der Waals surface area contributed by atoms with E-state index in [0.717, 1.165) is 64.2 Å². The van der Waals surface area contributed by atoms with Gasteiger partial charge in [0.25, 0.3) is 0 Å². The fourth-order valence-electron chi connectivity index (χ4n) is 4.62. The third-order valence-corrected chi connectivity index (χ3v) is 8.67. The molecule has 0 saturated heterocycles. The third-order valence-electron chi connectivity index (χ3n) is 7.72. The van der Waals surface area contributed by atoms with Crippen LogP contribution >= 0.6 is 7.82 Å². The molecule has 11 heteroatoms. The summed E-state index contributed by atoms with van der Waals surface area (Å²) in [6, 6.07) is 0. The van der Waals surface area contributed by atoms with Crippen molar-refractivity contribution < 1.29 is 47.8 Å². The number of carbonyl (C=O) groups is 2. The summed E-state index contributed by atoms with van der Waals surface area (Å²) in [4.78, 5) is 34.9. The number of hydrogen-bond donors (Lipinski definition) is 3. The summed E-state index contributed by atoms with van der Waals surface area (Å²) >= 11 is 0. The number of rotatable bonds is 36. The number of aliphatic hydroxyl groups excluding tert-OH is 2. The van der Waals surface area contributed by atoms with Gasteiger partial charge in [0.2, 0.25) is 0 Å². The van der Waals surface area contributed by atoms with Crippen LogP contribution in [-0.2, 0) is 32.7 Å². The molecule has 0 aromatic rings. The van der Waals surface area contributed by atoms with E-state index in [1.807, 2.05) is 12.2 Å². The number of phosphoric ester groups is 1. The van der Waals surface area contributed by atoms with Crippen LogP contribution in [0.4, 0.5) is 0 Å². The van der Waals surface area contributed by atoms with Crippen molar-refractivity contribution in [3.05, 3.63) is 97.2 Å². The highest BCUT2D eigenvalue weighted by molar-refractivity contribution is 7.47. The zero-order valence-corrected chi connectivity index (χ0v) is 34.5. The minimum atomic E-state index is -4.65. The average molecular weight is 791 g/mol. The topological polar surface area (TPSA) is 149 Å². The molecular formula is C44H71O10P. The van der Waals surface area contributed by atoms with E-state index in [1.54, 1.807) is 0 Å². The van der Waals surface area contributed by atoms with Gasteiger partial charge in [-0.05, 0) is 89.9 Å². The highest BCUT2D eigenvalue weighted by atomic mass is 31.2. The number of hydrogen-bond acceptors (Lipinski definition) is 9. The van der Waals surface area contributed by atoms with Gasteiger partial charge in [-0.15, -0.1) is 0 Å². The molecule has 0 aromatic heterocycles. The first-order chi connectivity index (χ1) is 26.7. The minimum absolute atomic E-state index is 0.0915. The molecule has 0 aromatic carbocycles. The Hall–Kier alpha value is -3.11. The van der Waals surface area contributed by atoms with Crippen molar-refractivity contribution in [1.82, 2.24) is 0 Å².